The summed E-state index contributed by atoms with van der Waals surface area (Å²) in [5.41, 5.74) is 3.86. The summed E-state index contributed by atoms with van der Waals surface area (Å²) < 4.78 is 0.951. The van der Waals surface area contributed by atoms with Crippen LogP contribution in [0.4, 0.5) is 11.4 Å². The Morgan fingerprint density at radius 1 is 1.21 bits per heavy atom. The van der Waals surface area contributed by atoms with Crippen molar-refractivity contribution in [1.29, 1.82) is 0 Å². The molecule has 124 valence electrons. The predicted molar refractivity (Wildman–Crippen MR) is 99.4 cm³/mol. The third-order valence-corrected chi connectivity index (χ3v) is 4.80. The molecule has 2 aromatic rings. The topological polar surface area (TPSA) is 40.6 Å². The molecular formula is C19H19BrN2O2. The Hall–Kier alpha value is -2.14. The fourth-order valence-electron chi connectivity index (χ4n) is 3.11. The Balaban J connectivity index is 1.84. The molecule has 0 saturated heterocycles. The Bertz CT molecular complexity index is 804. The van der Waals surface area contributed by atoms with Crippen LogP contribution < -0.4 is 9.80 Å². The number of para-hydroxylation sites is 1. The van der Waals surface area contributed by atoms with Gasteiger partial charge < -0.3 is 9.80 Å². The van der Waals surface area contributed by atoms with Crippen LogP contribution >= 0.6 is 15.9 Å². The number of fused-ring (bicyclic) bond motifs is 1. The van der Waals surface area contributed by atoms with Gasteiger partial charge in [-0.1, -0.05) is 34.1 Å². The van der Waals surface area contributed by atoms with Gasteiger partial charge in [0.05, 0.1) is 0 Å². The van der Waals surface area contributed by atoms with E-state index in [9.17, 15) is 9.59 Å². The number of nitrogens with zero attached hydrogens (tertiary/aromatic N) is 2. The summed E-state index contributed by atoms with van der Waals surface area (Å²) in [5, 5.41) is 0. The van der Waals surface area contributed by atoms with E-state index >= 15 is 0 Å². The lowest BCUT2D eigenvalue weighted by molar-refractivity contribution is -0.121. The van der Waals surface area contributed by atoms with Gasteiger partial charge in [0.25, 0.3) is 0 Å². The maximum absolute atomic E-state index is 12.8. The van der Waals surface area contributed by atoms with Crippen LogP contribution in [0.1, 0.15) is 18.1 Å². The van der Waals surface area contributed by atoms with Crippen molar-refractivity contribution in [2.75, 3.05) is 22.9 Å². The molecule has 0 bridgehead atoms. The number of halogens is 1. The number of anilines is 2. The van der Waals surface area contributed by atoms with E-state index in [1.54, 1.807) is 9.80 Å². The molecule has 24 heavy (non-hydrogen) atoms. The number of rotatable bonds is 3. The molecule has 0 unspecified atom stereocenters. The van der Waals surface area contributed by atoms with Gasteiger partial charge in [-0.15, -0.1) is 0 Å². The van der Waals surface area contributed by atoms with Crippen molar-refractivity contribution in [1.82, 2.24) is 0 Å². The molecule has 0 saturated carbocycles. The van der Waals surface area contributed by atoms with Gasteiger partial charge >= 0.3 is 0 Å². The van der Waals surface area contributed by atoms with E-state index in [4.69, 9.17) is 0 Å². The summed E-state index contributed by atoms with van der Waals surface area (Å²) in [7, 11) is 0. The molecule has 0 spiro atoms. The van der Waals surface area contributed by atoms with E-state index < -0.39 is 0 Å². The van der Waals surface area contributed by atoms with Crippen molar-refractivity contribution in [2.45, 2.75) is 20.3 Å². The summed E-state index contributed by atoms with van der Waals surface area (Å²) in [6.45, 7) is 4.15. The highest BCUT2D eigenvalue weighted by Gasteiger charge is 2.27. The highest BCUT2D eigenvalue weighted by atomic mass is 79.9. The van der Waals surface area contributed by atoms with Crippen LogP contribution in [-0.4, -0.2) is 24.9 Å². The average molecular weight is 387 g/mol. The summed E-state index contributed by atoms with van der Waals surface area (Å²) in [6, 6.07) is 13.6. The molecular weight excluding hydrogens is 368 g/mol. The van der Waals surface area contributed by atoms with Crippen LogP contribution in [0.2, 0.25) is 0 Å². The predicted octanol–water partition coefficient (Wildman–Crippen LogP) is 3.70. The summed E-state index contributed by atoms with van der Waals surface area (Å²) in [5.74, 6) is -0.196. The first-order chi connectivity index (χ1) is 11.5. The second kappa shape index (κ2) is 6.77. The first-order valence-corrected chi connectivity index (χ1v) is 8.69. The van der Waals surface area contributed by atoms with Gasteiger partial charge in [-0.25, -0.2) is 0 Å². The molecule has 2 aromatic carbocycles. The molecule has 0 aromatic heterocycles. The summed E-state index contributed by atoms with van der Waals surface area (Å²) in [4.78, 5) is 28.2. The zero-order valence-electron chi connectivity index (χ0n) is 13.8. The van der Waals surface area contributed by atoms with Crippen LogP contribution in [-0.2, 0) is 16.0 Å². The molecule has 0 radical (unpaired) electrons. The smallest absolute Gasteiger partial charge is 0.247 e. The number of aryl methyl sites for hydroxylation is 1. The molecule has 1 aliphatic rings. The Kier molecular flexibility index (Phi) is 4.71. The maximum atomic E-state index is 12.8. The van der Waals surface area contributed by atoms with Gasteiger partial charge in [-0.3, -0.25) is 9.59 Å². The zero-order chi connectivity index (χ0) is 17.3. The zero-order valence-corrected chi connectivity index (χ0v) is 15.3. The van der Waals surface area contributed by atoms with Gasteiger partial charge in [0.2, 0.25) is 11.8 Å². The van der Waals surface area contributed by atoms with E-state index in [1.165, 1.54) is 12.5 Å². The van der Waals surface area contributed by atoms with E-state index in [2.05, 4.69) is 15.9 Å². The number of benzene rings is 2. The molecule has 0 aliphatic carbocycles. The van der Waals surface area contributed by atoms with Crippen molar-refractivity contribution < 1.29 is 9.59 Å². The number of hydrogen-bond donors (Lipinski definition) is 0. The molecule has 5 heteroatoms. The van der Waals surface area contributed by atoms with Gasteiger partial charge in [0, 0.05) is 29.3 Å². The standard InChI is InChI=1S/C19H19BrN2O2/c1-13-11-16(20)7-8-17(13)22(14(2)23)12-19(24)21-10-9-15-5-3-4-6-18(15)21/h3-8,11H,9-10,12H2,1-2H3. The van der Waals surface area contributed by atoms with Crippen LogP contribution in [0.5, 0.6) is 0 Å². The second-order valence-electron chi connectivity index (χ2n) is 5.96. The number of hydrogen-bond acceptors (Lipinski definition) is 2. The fourth-order valence-corrected chi connectivity index (χ4v) is 3.58. The molecule has 1 aliphatic heterocycles. The highest BCUT2D eigenvalue weighted by Crippen LogP contribution is 2.29. The number of carbonyl (C=O) groups is 2. The Morgan fingerprint density at radius 2 is 1.96 bits per heavy atom. The first kappa shape index (κ1) is 16.7. The van der Waals surface area contributed by atoms with E-state index in [-0.39, 0.29) is 18.4 Å². The van der Waals surface area contributed by atoms with Crippen molar-refractivity contribution in [2.24, 2.45) is 0 Å². The van der Waals surface area contributed by atoms with E-state index in [1.807, 2.05) is 49.4 Å². The number of carbonyl (C=O) groups excluding carboxylic acids is 2. The van der Waals surface area contributed by atoms with Gasteiger partial charge in [0.15, 0.2) is 0 Å². The fraction of sp³-hybridized carbons (Fsp3) is 0.263. The largest absolute Gasteiger partial charge is 0.310 e. The van der Waals surface area contributed by atoms with Crippen molar-refractivity contribution in [3.05, 3.63) is 58.1 Å². The van der Waals surface area contributed by atoms with Crippen LogP contribution in [0, 0.1) is 6.92 Å². The van der Waals surface area contributed by atoms with Crippen molar-refractivity contribution in [3.8, 4) is 0 Å². The lowest BCUT2D eigenvalue weighted by Gasteiger charge is -2.26. The van der Waals surface area contributed by atoms with Crippen LogP contribution in [0.25, 0.3) is 0 Å². The normalized spacial score (nSPS) is 12.9. The second-order valence-corrected chi connectivity index (χ2v) is 6.88. The molecule has 3 rings (SSSR count). The lowest BCUT2D eigenvalue weighted by Crippen LogP contribution is -2.42. The quantitative estimate of drug-likeness (QED) is 0.806. The highest BCUT2D eigenvalue weighted by molar-refractivity contribution is 9.10. The third-order valence-electron chi connectivity index (χ3n) is 4.31. The van der Waals surface area contributed by atoms with Gasteiger partial charge in [-0.05, 0) is 48.7 Å². The van der Waals surface area contributed by atoms with Gasteiger partial charge in [-0.2, -0.15) is 0 Å². The van der Waals surface area contributed by atoms with Crippen LogP contribution in [0.3, 0.4) is 0 Å². The molecule has 0 atom stereocenters. The monoisotopic (exact) mass is 386 g/mol. The average Bonchev–Trinajstić information content (AvgIpc) is 2.97. The molecule has 0 N–H and O–H groups in total. The maximum Gasteiger partial charge on any atom is 0.247 e. The molecule has 4 nitrogen and oxygen atoms in total. The lowest BCUT2D eigenvalue weighted by atomic mass is 10.1. The Labute approximate surface area is 150 Å². The molecule has 1 heterocycles. The van der Waals surface area contributed by atoms with Crippen molar-refractivity contribution >= 4 is 39.1 Å². The minimum atomic E-state index is -0.138. The third kappa shape index (κ3) is 3.22. The van der Waals surface area contributed by atoms with Crippen molar-refractivity contribution in [3.63, 3.8) is 0 Å². The SMILES string of the molecule is CC(=O)N(CC(=O)N1CCc2ccccc21)c1ccc(Br)cc1C. The first-order valence-electron chi connectivity index (χ1n) is 7.90. The minimum Gasteiger partial charge on any atom is -0.310 e. The summed E-state index contributed by atoms with van der Waals surface area (Å²) in [6.07, 6.45) is 0.860. The molecule has 0 fully saturated rings. The van der Waals surface area contributed by atoms with E-state index in [0.717, 1.165) is 27.8 Å². The van der Waals surface area contributed by atoms with Gasteiger partial charge in [0.1, 0.15) is 6.54 Å². The van der Waals surface area contributed by atoms with E-state index in [0.29, 0.717) is 6.54 Å². The summed E-state index contributed by atoms with van der Waals surface area (Å²) >= 11 is 3.43. The van der Waals surface area contributed by atoms with Crippen LogP contribution in [0.15, 0.2) is 46.9 Å². The molecule has 2 amide bonds. The number of amides is 2. The minimum absolute atomic E-state index is 0.0478. The Morgan fingerprint density at radius 3 is 2.67 bits per heavy atom.